The minimum Gasteiger partial charge on any atom is -0.493 e. The van der Waals surface area contributed by atoms with Gasteiger partial charge >= 0.3 is 5.97 Å². The average molecular weight is 638 g/mol. The lowest BCUT2D eigenvalue weighted by Gasteiger charge is -2.31. The number of hydrogen-bond donors (Lipinski definition) is 1. The Kier molecular flexibility index (Phi) is 9.00. The highest BCUT2D eigenvalue weighted by atomic mass is 16.6. The van der Waals surface area contributed by atoms with Crippen LogP contribution in [0.3, 0.4) is 0 Å². The maximum absolute atomic E-state index is 13.1. The molecule has 0 radical (unpaired) electrons. The second kappa shape index (κ2) is 12.9. The van der Waals surface area contributed by atoms with Crippen molar-refractivity contribution >= 4 is 39.5 Å². The Morgan fingerprint density at radius 2 is 1.79 bits per heavy atom. The van der Waals surface area contributed by atoms with E-state index in [1.807, 2.05) is 78.9 Å². The largest absolute Gasteiger partial charge is 0.493 e. The molecule has 1 saturated carbocycles. The minimum absolute atomic E-state index is 0.0259. The molecule has 1 N–H and O–H groups in total. The number of benzene rings is 2. The van der Waals surface area contributed by atoms with E-state index in [1.54, 1.807) is 0 Å². The zero-order valence-corrected chi connectivity index (χ0v) is 28.8. The van der Waals surface area contributed by atoms with Gasteiger partial charge in [-0.2, -0.15) is 0 Å². The van der Waals surface area contributed by atoms with Gasteiger partial charge in [-0.05, 0) is 120 Å². The molecule has 4 aromatic rings. The van der Waals surface area contributed by atoms with Crippen molar-refractivity contribution in [1.82, 2.24) is 9.97 Å². The number of ether oxygens (including phenoxy) is 3. The molecule has 0 saturated heterocycles. The monoisotopic (exact) mass is 637 g/mol. The summed E-state index contributed by atoms with van der Waals surface area (Å²) in [4.78, 5) is 36.0. The molecule has 0 spiro atoms. The highest BCUT2D eigenvalue weighted by Crippen LogP contribution is 2.45. The third-order valence-corrected chi connectivity index (χ3v) is 9.10. The number of rotatable bonds is 7. The van der Waals surface area contributed by atoms with Crippen LogP contribution in [0.4, 0.5) is 5.82 Å². The first-order valence-electron chi connectivity index (χ1n) is 16.9. The van der Waals surface area contributed by atoms with Crippen LogP contribution in [0.5, 0.6) is 5.75 Å². The number of nitrogens with one attached hydrogen (secondary N) is 1. The zero-order valence-electron chi connectivity index (χ0n) is 28.8. The zero-order chi connectivity index (χ0) is 33.5. The van der Waals surface area contributed by atoms with Gasteiger partial charge in [-0.3, -0.25) is 14.6 Å². The van der Waals surface area contributed by atoms with Crippen LogP contribution >= 0.6 is 0 Å². The van der Waals surface area contributed by atoms with Gasteiger partial charge in [0.2, 0.25) is 5.91 Å². The molecular weight excluding hydrogens is 590 g/mol. The maximum Gasteiger partial charge on any atom is 0.311 e. The van der Waals surface area contributed by atoms with Gasteiger partial charge in [0, 0.05) is 34.9 Å². The minimum atomic E-state index is -0.657. The van der Waals surface area contributed by atoms with Crippen LogP contribution in [0.2, 0.25) is 0 Å². The number of anilines is 1. The van der Waals surface area contributed by atoms with E-state index in [0.717, 1.165) is 81.9 Å². The number of amides is 1. The lowest BCUT2D eigenvalue weighted by molar-refractivity contribution is -0.162. The van der Waals surface area contributed by atoms with Crippen molar-refractivity contribution in [1.29, 1.82) is 0 Å². The topological polar surface area (TPSA) is 99.6 Å². The van der Waals surface area contributed by atoms with E-state index in [-0.39, 0.29) is 24.4 Å². The van der Waals surface area contributed by atoms with E-state index in [0.29, 0.717) is 12.4 Å². The van der Waals surface area contributed by atoms with E-state index in [9.17, 15) is 9.59 Å². The van der Waals surface area contributed by atoms with Gasteiger partial charge in [0.15, 0.2) is 0 Å². The number of aryl methyl sites for hydroxylation is 1. The summed E-state index contributed by atoms with van der Waals surface area (Å²) in [6.45, 7) is 14.3. The summed E-state index contributed by atoms with van der Waals surface area (Å²) in [5, 5.41) is 5.00. The standard InChI is InChI=1S/C39H47N3O5/c1-23-21-28-26(14-16-31(41-28)42-36(43)25-11-9-8-10-12-25)34(27-13-15-29-33-24(18-20-45-29)17-19-40-35(27)33)32(23)30(47-39(5,6)7)22-46-37(44)38(2,3)4/h13-17,19,21,25,30H,8-12,18,20,22H2,1-7H3,(H,41,42,43)/t30-/m1/s1. The number of aromatic nitrogens is 2. The van der Waals surface area contributed by atoms with E-state index in [4.69, 9.17) is 24.2 Å². The van der Waals surface area contributed by atoms with E-state index in [2.05, 4.69) is 17.4 Å². The fourth-order valence-electron chi connectivity index (χ4n) is 6.86. The number of carbonyl (C=O) groups excluding carboxylic acids is 2. The lowest BCUT2D eigenvalue weighted by Crippen LogP contribution is -2.30. The molecule has 2 aliphatic rings. The Morgan fingerprint density at radius 3 is 2.51 bits per heavy atom. The van der Waals surface area contributed by atoms with Gasteiger partial charge in [0.1, 0.15) is 24.3 Å². The molecule has 248 valence electrons. The highest BCUT2D eigenvalue weighted by Gasteiger charge is 2.32. The average Bonchev–Trinajstić information content (AvgIpc) is 3.02. The van der Waals surface area contributed by atoms with E-state index in [1.165, 1.54) is 12.0 Å². The van der Waals surface area contributed by atoms with Crippen LogP contribution < -0.4 is 10.1 Å². The summed E-state index contributed by atoms with van der Waals surface area (Å²) in [6, 6.07) is 12.1. The summed E-state index contributed by atoms with van der Waals surface area (Å²) in [6.07, 6.45) is 7.30. The first-order chi connectivity index (χ1) is 22.3. The maximum atomic E-state index is 13.1. The first kappa shape index (κ1) is 32.9. The van der Waals surface area contributed by atoms with Crippen LogP contribution in [0.25, 0.3) is 32.9 Å². The van der Waals surface area contributed by atoms with Gasteiger partial charge in [0.05, 0.1) is 28.7 Å². The molecule has 47 heavy (non-hydrogen) atoms. The number of carbonyl (C=O) groups is 2. The highest BCUT2D eigenvalue weighted by molar-refractivity contribution is 6.08. The SMILES string of the molecule is Cc1cc2nc(NC(=O)C3CCCCC3)ccc2c(-c2ccc3c4c(ccnc24)CCO3)c1[C@@H](COC(=O)C(C)(C)C)OC(C)(C)C. The molecule has 1 atom stereocenters. The lowest BCUT2D eigenvalue weighted by atomic mass is 9.86. The Bertz CT molecular complexity index is 1820. The summed E-state index contributed by atoms with van der Waals surface area (Å²) < 4.78 is 18.7. The number of fused-ring (bicyclic) bond motifs is 1. The Hall–Kier alpha value is -4.04. The van der Waals surface area contributed by atoms with Gasteiger partial charge in [0.25, 0.3) is 0 Å². The summed E-state index contributed by atoms with van der Waals surface area (Å²) in [5.74, 6) is 1.14. The van der Waals surface area contributed by atoms with Gasteiger partial charge in [-0.15, -0.1) is 0 Å². The number of esters is 1. The molecule has 3 heterocycles. The third kappa shape index (κ3) is 6.98. The second-order valence-electron chi connectivity index (χ2n) is 15.0. The Labute approximate surface area is 277 Å². The van der Waals surface area contributed by atoms with E-state index >= 15 is 0 Å². The molecule has 0 unspecified atom stereocenters. The van der Waals surface area contributed by atoms with Crippen LogP contribution in [-0.4, -0.2) is 40.7 Å². The molecule has 2 aromatic heterocycles. The predicted octanol–water partition coefficient (Wildman–Crippen LogP) is 8.66. The Balaban J connectivity index is 1.54. The molecule has 6 rings (SSSR count). The van der Waals surface area contributed by atoms with Crippen molar-refractivity contribution in [3.05, 3.63) is 59.3 Å². The molecule has 2 aromatic carbocycles. The predicted molar refractivity (Wildman–Crippen MR) is 186 cm³/mol. The van der Waals surface area contributed by atoms with Crippen LogP contribution in [0.1, 0.15) is 96.4 Å². The molecule has 1 fully saturated rings. The van der Waals surface area contributed by atoms with Crippen molar-refractivity contribution in [2.45, 2.75) is 98.7 Å². The molecule has 1 aliphatic heterocycles. The van der Waals surface area contributed by atoms with Crippen molar-refractivity contribution in [2.75, 3.05) is 18.5 Å². The van der Waals surface area contributed by atoms with Crippen LogP contribution in [-0.2, 0) is 25.5 Å². The van der Waals surface area contributed by atoms with Crippen LogP contribution in [0.15, 0.2) is 42.6 Å². The molecule has 1 aliphatic carbocycles. The van der Waals surface area contributed by atoms with Crippen molar-refractivity contribution in [2.24, 2.45) is 11.3 Å². The van der Waals surface area contributed by atoms with Crippen molar-refractivity contribution in [3.63, 3.8) is 0 Å². The van der Waals surface area contributed by atoms with Gasteiger partial charge in [-0.25, -0.2) is 4.98 Å². The van der Waals surface area contributed by atoms with Crippen molar-refractivity contribution < 1.29 is 23.8 Å². The number of nitrogens with zero attached hydrogens (tertiary/aromatic N) is 2. The Morgan fingerprint density at radius 1 is 1.02 bits per heavy atom. The van der Waals surface area contributed by atoms with Gasteiger partial charge in [-0.1, -0.05) is 19.3 Å². The van der Waals surface area contributed by atoms with Gasteiger partial charge < -0.3 is 19.5 Å². The quantitative estimate of drug-likeness (QED) is 0.202. The molecule has 1 amide bonds. The van der Waals surface area contributed by atoms with Crippen LogP contribution in [0, 0.1) is 18.3 Å². The molecule has 8 nitrogen and oxygen atoms in total. The molecular formula is C39H47N3O5. The number of pyridine rings is 2. The second-order valence-corrected chi connectivity index (χ2v) is 15.0. The van der Waals surface area contributed by atoms with E-state index < -0.39 is 17.1 Å². The fraction of sp³-hybridized carbons (Fsp3) is 0.487. The first-order valence-corrected chi connectivity index (χ1v) is 16.9. The fourth-order valence-corrected chi connectivity index (χ4v) is 6.86. The van der Waals surface area contributed by atoms with Crippen molar-refractivity contribution in [3.8, 4) is 16.9 Å². The summed E-state index contributed by atoms with van der Waals surface area (Å²) in [5.41, 5.74) is 5.28. The molecule has 0 bridgehead atoms. The number of hydrogen-bond acceptors (Lipinski definition) is 7. The molecule has 8 heteroatoms. The summed E-state index contributed by atoms with van der Waals surface area (Å²) in [7, 11) is 0. The third-order valence-electron chi connectivity index (χ3n) is 9.10. The smallest absolute Gasteiger partial charge is 0.311 e. The normalized spacial score (nSPS) is 16.1. The summed E-state index contributed by atoms with van der Waals surface area (Å²) >= 11 is 0.